The van der Waals surface area contributed by atoms with Crippen LogP contribution in [-0.4, -0.2) is 15.0 Å². The number of fused-ring (bicyclic) bond motifs is 9. The molecule has 322 valence electrons. The molecule has 2 aliphatic rings. The Morgan fingerprint density at radius 3 is 1.33 bits per heavy atom. The quantitative estimate of drug-likeness (QED) is 0.160. The van der Waals surface area contributed by atoms with Crippen molar-refractivity contribution >= 4 is 31.5 Å². The van der Waals surface area contributed by atoms with E-state index in [0.29, 0.717) is 17.5 Å². The van der Waals surface area contributed by atoms with Gasteiger partial charge in [-0.15, -0.1) is 11.3 Å². The molecule has 2 heterocycles. The molecule has 12 aromatic rings. The lowest BCUT2D eigenvalue weighted by Crippen LogP contribution is -2.29. The van der Waals surface area contributed by atoms with Crippen LogP contribution in [-0.2, 0) is 10.8 Å². The third-order valence-electron chi connectivity index (χ3n) is 14.7. The molecule has 69 heavy (non-hydrogen) atoms. The Morgan fingerprint density at radius 1 is 0.275 bits per heavy atom. The summed E-state index contributed by atoms with van der Waals surface area (Å²) in [5.41, 5.74) is 16.0. The minimum Gasteiger partial charge on any atom is -0.208 e. The van der Waals surface area contributed by atoms with E-state index in [1.807, 2.05) is 0 Å². The monoisotopic (exact) mass is 895 g/mol. The van der Waals surface area contributed by atoms with Gasteiger partial charge < -0.3 is 0 Å². The average Bonchev–Trinajstić information content (AvgIpc) is 4.07. The largest absolute Gasteiger partial charge is 0.208 e. The maximum absolute atomic E-state index is 5.74. The zero-order valence-corrected chi connectivity index (χ0v) is 38.2. The smallest absolute Gasteiger partial charge is 0.165 e. The van der Waals surface area contributed by atoms with Gasteiger partial charge in [-0.1, -0.05) is 237 Å². The number of aromatic nitrogens is 3. The Labute approximate surface area is 404 Å². The van der Waals surface area contributed by atoms with E-state index in [1.165, 1.54) is 76.7 Å². The maximum atomic E-state index is 5.74. The molecule has 14 rings (SSSR count). The van der Waals surface area contributed by atoms with Gasteiger partial charge in [-0.25, -0.2) is 15.0 Å². The molecule has 3 nitrogen and oxygen atoms in total. The minimum atomic E-state index is -0.665. The third kappa shape index (κ3) is 5.64. The highest BCUT2D eigenvalue weighted by atomic mass is 32.1. The van der Waals surface area contributed by atoms with Crippen molar-refractivity contribution in [3.63, 3.8) is 0 Å². The van der Waals surface area contributed by atoms with Crippen molar-refractivity contribution in [1.82, 2.24) is 15.0 Å². The SMILES string of the molecule is c1ccc(C2(c3ccccc3)c3ccccc3-c3c(-c4nc(-c5cccc6c5C(c5ccccc5)(c5ccccc5)c5ccccc5-6)nc(-c5cccc6c5sc5ccccc56)n4)cccc32)cc1. The van der Waals surface area contributed by atoms with Gasteiger partial charge >= 0.3 is 0 Å². The number of rotatable bonds is 7. The number of thiophene rings is 1. The first kappa shape index (κ1) is 39.6. The van der Waals surface area contributed by atoms with Crippen LogP contribution in [0.4, 0.5) is 0 Å². The third-order valence-corrected chi connectivity index (χ3v) is 15.9. The molecule has 0 fully saturated rings. The second-order valence-corrected chi connectivity index (χ2v) is 19.2. The van der Waals surface area contributed by atoms with Crippen LogP contribution in [0.5, 0.6) is 0 Å². The molecule has 4 heteroatoms. The van der Waals surface area contributed by atoms with Crippen LogP contribution in [0.15, 0.2) is 249 Å². The van der Waals surface area contributed by atoms with Crippen LogP contribution >= 0.6 is 11.3 Å². The average molecular weight is 896 g/mol. The second kappa shape index (κ2) is 15.5. The van der Waals surface area contributed by atoms with E-state index in [0.717, 1.165) is 27.0 Å². The molecule has 2 aliphatic carbocycles. The molecule has 0 unspecified atom stereocenters. The van der Waals surface area contributed by atoms with E-state index in [2.05, 4.69) is 249 Å². The molecule has 0 radical (unpaired) electrons. The van der Waals surface area contributed by atoms with Gasteiger partial charge in [-0.3, -0.25) is 0 Å². The first-order valence-electron chi connectivity index (χ1n) is 23.6. The fraction of sp³-hybridized carbons (Fsp3) is 0.0308. The summed E-state index contributed by atoms with van der Waals surface area (Å²) in [5.74, 6) is 1.91. The lowest BCUT2D eigenvalue weighted by Gasteiger charge is -2.35. The maximum Gasteiger partial charge on any atom is 0.165 e. The van der Waals surface area contributed by atoms with Gasteiger partial charge in [-0.05, 0) is 78.9 Å². The lowest BCUT2D eigenvalue weighted by molar-refractivity contribution is 0.768. The van der Waals surface area contributed by atoms with Crippen molar-refractivity contribution in [3.8, 4) is 56.4 Å². The molecule has 0 saturated heterocycles. The zero-order valence-electron chi connectivity index (χ0n) is 37.4. The van der Waals surface area contributed by atoms with Crippen LogP contribution < -0.4 is 0 Å². The summed E-state index contributed by atoms with van der Waals surface area (Å²) >= 11 is 1.80. The van der Waals surface area contributed by atoms with Crippen LogP contribution in [0.2, 0.25) is 0 Å². The molecular formula is C65H41N3S. The van der Waals surface area contributed by atoms with Crippen molar-refractivity contribution in [2.75, 3.05) is 0 Å². The Hall–Kier alpha value is -8.57. The number of hydrogen-bond donors (Lipinski definition) is 0. The molecule has 0 saturated carbocycles. The minimum absolute atomic E-state index is 0.581. The number of benzene rings is 10. The number of nitrogens with zero attached hydrogens (tertiary/aromatic N) is 3. The number of hydrogen-bond acceptors (Lipinski definition) is 4. The first-order valence-corrected chi connectivity index (χ1v) is 24.4. The zero-order chi connectivity index (χ0) is 45.5. The molecule has 0 N–H and O–H groups in total. The van der Waals surface area contributed by atoms with E-state index in [9.17, 15) is 0 Å². The van der Waals surface area contributed by atoms with Gasteiger partial charge in [0.1, 0.15) is 0 Å². The molecule has 0 bridgehead atoms. The Kier molecular flexibility index (Phi) is 8.89. The Balaban J connectivity index is 1.10. The van der Waals surface area contributed by atoms with E-state index in [-0.39, 0.29) is 0 Å². The fourth-order valence-electron chi connectivity index (χ4n) is 12.0. The molecule has 0 atom stereocenters. The van der Waals surface area contributed by atoms with Crippen molar-refractivity contribution in [1.29, 1.82) is 0 Å². The van der Waals surface area contributed by atoms with Crippen molar-refractivity contribution in [2.24, 2.45) is 0 Å². The van der Waals surface area contributed by atoms with Gasteiger partial charge in [-0.2, -0.15) is 0 Å². The standard InChI is InChI=1S/C65H41N3S/c1-5-22-42(23-6-1)64(43-24-7-2-8-25-43)55-39-17-14-32-50(55)58-51(35-21-40-56(58)64)61-66-62(68-63(67-61)53-37-20-34-49-47-31-15-18-41-57(47)69-60(49)53)52-36-19-33-48-46-30-13-16-38-54(46)65(59(48)52,44-26-9-3-10-27-44)45-28-11-4-12-29-45/h1-41H. The first-order chi connectivity index (χ1) is 34.2. The van der Waals surface area contributed by atoms with Gasteiger partial charge in [0.05, 0.1) is 10.8 Å². The van der Waals surface area contributed by atoms with E-state index in [4.69, 9.17) is 15.0 Å². The summed E-state index contributed by atoms with van der Waals surface area (Å²) in [6, 6.07) is 90.4. The van der Waals surface area contributed by atoms with E-state index >= 15 is 0 Å². The fourth-order valence-corrected chi connectivity index (χ4v) is 13.2. The van der Waals surface area contributed by atoms with Crippen molar-refractivity contribution < 1.29 is 0 Å². The summed E-state index contributed by atoms with van der Waals surface area (Å²) in [6.45, 7) is 0. The lowest BCUT2D eigenvalue weighted by atomic mass is 9.66. The Bertz CT molecular complexity index is 3880. The summed E-state index contributed by atoms with van der Waals surface area (Å²) in [7, 11) is 0. The molecule has 0 spiro atoms. The van der Waals surface area contributed by atoms with E-state index < -0.39 is 10.8 Å². The van der Waals surface area contributed by atoms with Crippen LogP contribution in [0.1, 0.15) is 44.5 Å². The van der Waals surface area contributed by atoms with Crippen LogP contribution in [0.3, 0.4) is 0 Å². The highest BCUT2D eigenvalue weighted by Crippen LogP contribution is 2.60. The predicted molar refractivity (Wildman–Crippen MR) is 284 cm³/mol. The summed E-state index contributed by atoms with van der Waals surface area (Å²) < 4.78 is 2.39. The summed E-state index contributed by atoms with van der Waals surface area (Å²) in [5, 5.41) is 2.43. The normalized spacial score (nSPS) is 13.7. The Morgan fingerprint density at radius 2 is 0.681 bits per heavy atom. The van der Waals surface area contributed by atoms with Gasteiger partial charge in [0.15, 0.2) is 17.5 Å². The molecule has 10 aromatic carbocycles. The van der Waals surface area contributed by atoms with Crippen LogP contribution in [0.25, 0.3) is 76.6 Å². The molecular weight excluding hydrogens is 855 g/mol. The van der Waals surface area contributed by atoms with Gasteiger partial charge in [0.25, 0.3) is 0 Å². The molecule has 2 aromatic heterocycles. The molecule has 0 amide bonds. The second-order valence-electron chi connectivity index (χ2n) is 18.1. The van der Waals surface area contributed by atoms with E-state index in [1.54, 1.807) is 11.3 Å². The highest BCUT2D eigenvalue weighted by molar-refractivity contribution is 7.26. The van der Waals surface area contributed by atoms with Crippen LogP contribution in [0, 0.1) is 0 Å². The van der Waals surface area contributed by atoms with Crippen molar-refractivity contribution in [2.45, 2.75) is 10.8 Å². The van der Waals surface area contributed by atoms with Gasteiger partial charge in [0.2, 0.25) is 0 Å². The predicted octanol–water partition coefficient (Wildman–Crippen LogP) is 16.0. The summed E-state index contributed by atoms with van der Waals surface area (Å²) in [6.07, 6.45) is 0. The topological polar surface area (TPSA) is 38.7 Å². The summed E-state index contributed by atoms with van der Waals surface area (Å²) in [4.78, 5) is 17.0. The van der Waals surface area contributed by atoms with Crippen molar-refractivity contribution in [3.05, 3.63) is 293 Å². The highest BCUT2D eigenvalue weighted by Gasteiger charge is 2.49. The van der Waals surface area contributed by atoms with Gasteiger partial charge in [0, 0.05) is 36.9 Å². The molecule has 0 aliphatic heterocycles.